The fraction of sp³-hybridized carbons (Fsp3) is 0.0909. The topological polar surface area (TPSA) is 63.9 Å². The molecule has 0 atom stereocenters. The molecule has 0 saturated carbocycles. The predicted molar refractivity (Wildman–Crippen MR) is 115 cm³/mol. The summed E-state index contributed by atoms with van der Waals surface area (Å²) in [5.41, 5.74) is 3.66. The fourth-order valence-corrected chi connectivity index (χ4v) is 3.64. The van der Waals surface area contributed by atoms with Crippen molar-refractivity contribution in [1.29, 1.82) is 0 Å². The molecule has 0 aliphatic heterocycles. The van der Waals surface area contributed by atoms with Gasteiger partial charge in [0.25, 0.3) is 0 Å². The molecule has 0 aliphatic carbocycles. The number of tetrazole rings is 1. The van der Waals surface area contributed by atoms with Gasteiger partial charge in [0.05, 0.1) is 11.4 Å². The maximum absolute atomic E-state index is 13.2. The number of anilines is 2. The number of aromatic nitrogens is 4. The smallest absolute Gasteiger partial charge is 0.242 e. The highest BCUT2D eigenvalue weighted by Gasteiger charge is 2.19. The fourth-order valence-electron chi connectivity index (χ4n) is 2.90. The lowest BCUT2D eigenvalue weighted by atomic mass is 10.2. The van der Waals surface area contributed by atoms with E-state index in [1.165, 1.54) is 11.8 Å². The summed E-state index contributed by atoms with van der Waals surface area (Å²) >= 11 is 1.31. The van der Waals surface area contributed by atoms with Crippen LogP contribution in [0.25, 0.3) is 5.69 Å². The molecule has 0 aliphatic rings. The highest BCUT2D eigenvalue weighted by atomic mass is 32.2. The molecule has 0 fully saturated rings. The molecule has 0 saturated heterocycles. The molecule has 4 aromatic rings. The minimum atomic E-state index is -0.0501. The van der Waals surface area contributed by atoms with E-state index in [0.29, 0.717) is 5.16 Å². The van der Waals surface area contributed by atoms with Gasteiger partial charge in [-0.1, -0.05) is 65.9 Å². The molecule has 0 spiro atoms. The van der Waals surface area contributed by atoms with Gasteiger partial charge < -0.3 is 0 Å². The number of thioether (sulfide) groups is 1. The van der Waals surface area contributed by atoms with Gasteiger partial charge in [-0.2, -0.15) is 4.68 Å². The van der Waals surface area contributed by atoms with Crippen LogP contribution in [0.15, 0.2) is 90.1 Å². The normalized spacial score (nSPS) is 10.7. The van der Waals surface area contributed by atoms with E-state index in [2.05, 4.69) is 15.5 Å². The summed E-state index contributed by atoms with van der Waals surface area (Å²) in [6, 6.07) is 27.2. The van der Waals surface area contributed by atoms with Gasteiger partial charge in [0.2, 0.25) is 11.1 Å². The van der Waals surface area contributed by atoms with E-state index < -0.39 is 0 Å². The van der Waals surface area contributed by atoms with Gasteiger partial charge in [0, 0.05) is 11.4 Å². The minimum Gasteiger partial charge on any atom is -0.280 e. The first-order chi connectivity index (χ1) is 14.2. The van der Waals surface area contributed by atoms with E-state index in [1.807, 2.05) is 91.9 Å². The number of aryl methyl sites for hydroxylation is 1. The summed E-state index contributed by atoms with van der Waals surface area (Å²) in [7, 11) is 0. The first-order valence-corrected chi connectivity index (χ1v) is 10.1. The van der Waals surface area contributed by atoms with Crippen molar-refractivity contribution >= 4 is 29.0 Å². The molecule has 6 nitrogen and oxygen atoms in total. The van der Waals surface area contributed by atoms with Crippen LogP contribution < -0.4 is 4.90 Å². The highest BCUT2D eigenvalue weighted by molar-refractivity contribution is 7.99. The first kappa shape index (κ1) is 18.9. The summed E-state index contributed by atoms with van der Waals surface area (Å²) in [5.74, 6) is 0.154. The lowest BCUT2D eigenvalue weighted by Crippen LogP contribution is -2.27. The van der Waals surface area contributed by atoms with E-state index in [9.17, 15) is 4.79 Å². The molecule has 4 rings (SSSR count). The van der Waals surface area contributed by atoms with E-state index in [4.69, 9.17) is 0 Å². The quantitative estimate of drug-likeness (QED) is 0.447. The summed E-state index contributed by atoms with van der Waals surface area (Å²) in [4.78, 5) is 14.9. The number of rotatable bonds is 6. The van der Waals surface area contributed by atoms with Crippen LogP contribution in [0.1, 0.15) is 5.56 Å². The monoisotopic (exact) mass is 401 g/mol. The zero-order valence-electron chi connectivity index (χ0n) is 15.8. The van der Waals surface area contributed by atoms with Crippen molar-refractivity contribution in [2.75, 3.05) is 10.7 Å². The van der Waals surface area contributed by atoms with Crippen LogP contribution in [0.3, 0.4) is 0 Å². The Hall–Kier alpha value is -3.45. The molecule has 0 radical (unpaired) electrons. The van der Waals surface area contributed by atoms with Crippen LogP contribution in [0.4, 0.5) is 11.4 Å². The average Bonchev–Trinajstić information content (AvgIpc) is 3.23. The SMILES string of the molecule is Cc1ccc(-n2nnnc2SCC(=O)N(c2ccccc2)c2ccccc2)cc1. The number of benzene rings is 3. The zero-order valence-corrected chi connectivity index (χ0v) is 16.7. The number of hydrogen-bond donors (Lipinski definition) is 0. The van der Waals surface area contributed by atoms with Crippen molar-refractivity contribution in [3.8, 4) is 5.69 Å². The van der Waals surface area contributed by atoms with Crippen LogP contribution in [0.2, 0.25) is 0 Å². The van der Waals surface area contributed by atoms with Gasteiger partial charge in [-0.3, -0.25) is 9.69 Å². The number of hydrogen-bond acceptors (Lipinski definition) is 5. The van der Waals surface area contributed by atoms with E-state index in [-0.39, 0.29) is 11.7 Å². The van der Waals surface area contributed by atoms with Gasteiger partial charge >= 0.3 is 0 Å². The maximum Gasteiger partial charge on any atom is 0.242 e. The maximum atomic E-state index is 13.2. The van der Waals surface area contributed by atoms with Gasteiger partial charge in [-0.05, 0) is 53.7 Å². The van der Waals surface area contributed by atoms with Crippen LogP contribution in [0.5, 0.6) is 0 Å². The third-order valence-electron chi connectivity index (χ3n) is 4.32. The van der Waals surface area contributed by atoms with Gasteiger partial charge in [0.15, 0.2) is 0 Å². The standard InChI is InChI=1S/C22H19N5OS/c1-17-12-14-20(15-13-17)27-22(23-24-25-27)29-16-21(28)26(18-8-4-2-5-9-18)19-10-6-3-7-11-19/h2-15H,16H2,1H3. The Morgan fingerprint density at radius 1 is 0.897 bits per heavy atom. The van der Waals surface area contributed by atoms with Crippen LogP contribution in [0, 0.1) is 6.92 Å². The van der Waals surface area contributed by atoms with Crippen molar-refractivity contribution in [3.05, 3.63) is 90.5 Å². The molecule has 0 unspecified atom stereocenters. The number of carbonyl (C=O) groups excluding carboxylic acids is 1. The molecule has 144 valence electrons. The zero-order chi connectivity index (χ0) is 20.1. The number of para-hydroxylation sites is 2. The van der Waals surface area contributed by atoms with Crippen molar-refractivity contribution < 1.29 is 4.79 Å². The number of carbonyl (C=O) groups is 1. The molecule has 1 amide bonds. The summed E-state index contributed by atoms with van der Waals surface area (Å²) in [5, 5.41) is 12.5. The lowest BCUT2D eigenvalue weighted by Gasteiger charge is -2.22. The third-order valence-corrected chi connectivity index (χ3v) is 5.23. The molecule has 1 aromatic heterocycles. The second-order valence-electron chi connectivity index (χ2n) is 6.40. The molecule has 29 heavy (non-hydrogen) atoms. The summed E-state index contributed by atoms with van der Waals surface area (Å²) in [6.07, 6.45) is 0. The largest absolute Gasteiger partial charge is 0.280 e. The third kappa shape index (κ3) is 4.35. The Labute approximate surface area is 173 Å². The van der Waals surface area contributed by atoms with Crippen molar-refractivity contribution in [2.45, 2.75) is 12.1 Å². The average molecular weight is 401 g/mol. The van der Waals surface area contributed by atoms with Crippen molar-refractivity contribution in [3.63, 3.8) is 0 Å². The van der Waals surface area contributed by atoms with Crippen LogP contribution in [-0.2, 0) is 4.79 Å². The van der Waals surface area contributed by atoms with E-state index >= 15 is 0 Å². The van der Waals surface area contributed by atoms with E-state index in [1.54, 1.807) is 9.58 Å². The number of nitrogens with zero attached hydrogens (tertiary/aromatic N) is 5. The van der Waals surface area contributed by atoms with E-state index in [0.717, 1.165) is 22.6 Å². The molecule has 0 bridgehead atoms. The van der Waals surface area contributed by atoms with Crippen LogP contribution >= 0.6 is 11.8 Å². The Bertz CT molecular complexity index is 1040. The van der Waals surface area contributed by atoms with Gasteiger partial charge in [-0.25, -0.2) is 0 Å². The Morgan fingerprint density at radius 3 is 2.07 bits per heavy atom. The van der Waals surface area contributed by atoms with Gasteiger partial charge in [-0.15, -0.1) is 5.10 Å². The van der Waals surface area contributed by atoms with Crippen LogP contribution in [-0.4, -0.2) is 31.9 Å². The molecule has 1 heterocycles. The molecule has 3 aromatic carbocycles. The molecule has 7 heteroatoms. The minimum absolute atomic E-state index is 0.0501. The second kappa shape index (κ2) is 8.70. The Morgan fingerprint density at radius 2 is 1.48 bits per heavy atom. The summed E-state index contributed by atoms with van der Waals surface area (Å²) < 4.78 is 1.65. The van der Waals surface area contributed by atoms with Crippen molar-refractivity contribution in [1.82, 2.24) is 20.2 Å². The lowest BCUT2D eigenvalue weighted by molar-refractivity contribution is -0.115. The summed E-state index contributed by atoms with van der Waals surface area (Å²) in [6.45, 7) is 2.03. The molecular formula is C22H19N5OS. The van der Waals surface area contributed by atoms with Crippen molar-refractivity contribution in [2.24, 2.45) is 0 Å². The molecule has 0 N–H and O–H groups in total. The Kier molecular flexibility index (Phi) is 5.67. The molecular weight excluding hydrogens is 382 g/mol. The highest BCUT2D eigenvalue weighted by Crippen LogP contribution is 2.27. The first-order valence-electron chi connectivity index (χ1n) is 9.13. The second-order valence-corrected chi connectivity index (χ2v) is 7.34. The number of amides is 1. The van der Waals surface area contributed by atoms with Gasteiger partial charge in [0.1, 0.15) is 0 Å². The Balaban J connectivity index is 1.55. The predicted octanol–water partition coefficient (Wildman–Crippen LogP) is 4.43.